The van der Waals surface area contributed by atoms with Crippen molar-refractivity contribution in [3.05, 3.63) is 22.8 Å². The molecule has 0 atom stereocenters. The number of amides is 1. The second-order valence-corrected chi connectivity index (χ2v) is 5.01. The number of alkyl halides is 9. The second kappa shape index (κ2) is 6.42. The van der Waals surface area contributed by atoms with Gasteiger partial charge in [-0.15, -0.1) is 0 Å². The van der Waals surface area contributed by atoms with E-state index >= 15 is 0 Å². The van der Waals surface area contributed by atoms with Crippen LogP contribution in [0, 0.1) is 0 Å². The van der Waals surface area contributed by atoms with Gasteiger partial charge in [0.15, 0.2) is 0 Å². The van der Waals surface area contributed by atoms with Crippen LogP contribution >= 0.6 is 11.6 Å². The molecule has 0 unspecified atom stereocenters. The monoisotopic (exact) mass is 403 g/mol. The summed E-state index contributed by atoms with van der Waals surface area (Å²) in [6.07, 6.45) is -17.3. The van der Waals surface area contributed by atoms with E-state index in [2.05, 4.69) is 4.98 Å². The number of hydrogen-bond acceptors (Lipinski definition) is 3. The number of carbonyl (C=O) groups excluding carboxylic acids is 1. The lowest BCUT2D eigenvalue weighted by Gasteiger charge is -2.38. The summed E-state index contributed by atoms with van der Waals surface area (Å²) in [5, 5.41) is 0.363. The number of halogens is 10. The molecule has 1 aromatic rings. The zero-order valence-corrected chi connectivity index (χ0v) is 12.5. The number of nitrogens with zero attached hydrogens (tertiary/aromatic N) is 1. The Bertz CT molecular complexity index is 640. The summed E-state index contributed by atoms with van der Waals surface area (Å²) in [6, 6.07) is 0.0855. The minimum atomic E-state index is -6.13. The number of hydrogen-bond donors (Lipinski definition) is 2. The molecule has 1 aromatic heterocycles. The third-order valence-corrected chi connectivity index (χ3v) is 2.98. The highest BCUT2D eigenvalue weighted by atomic mass is 35.5. The lowest BCUT2D eigenvalue weighted by atomic mass is 10.1. The van der Waals surface area contributed by atoms with Crippen molar-refractivity contribution in [2.24, 2.45) is 0 Å². The van der Waals surface area contributed by atoms with Crippen LogP contribution in [0.5, 0.6) is 0 Å². The van der Waals surface area contributed by atoms with E-state index in [1.54, 1.807) is 0 Å². The van der Waals surface area contributed by atoms with E-state index in [-0.39, 0.29) is 12.3 Å². The summed E-state index contributed by atoms with van der Waals surface area (Å²) < 4.78 is 116. The maximum atomic E-state index is 13.1. The largest absolute Gasteiger partial charge is 0.439 e. The molecule has 25 heavy (non-hydrogen) atoms. The molecule has 0 bridgehead atoms. The molecular formula is C11H7ClF9N3O. The van der Waals surface area contributed by atoms with Crippen molar-refractivity contribution in [3.8, 4) is 0 Å². The summed E-state index contributed by atoms with van der Waals surface area (Å²) in [4.78, 5) is 13.7. The van der Waals surface area contributed by atoms with Crippen molar-refractivity contribution in [3.63, 3.8) is 0 Å². The van der Waals surface area contributed by atoms with Gasteiger partial charge >= 0.3 is 24.2 Å². The maximum absolute atomic E-state index is 13.1. The van der Waals surface area contributed by atoms with E-state index in [0.717, 1.165) is 5.32 Å². The van der Waals surface area contributed by atoms with Gasteiger partial charge in [-0.2, -0.15) is 39.5 Å². The average Bonchev–Trinajstić information content (AvgIpc) is 2.35. The van der Waals surface area contributed by atoms with Gasteiger partial charge in [0, 0.05) is 13.1 Å². The Morgan fingerprint density at radius 2 is 1.52 bits per heavy atom. The lowest BCUT2D eigenvalue weighted by Crippen LogP contribution is -2.72. The zero-order chi connectivity index (χ0) is 19.8. The van der Waals surface area contributed by atoms with Gasteiger partial charge in [-0.05, 0) is 6.07 Å². The Labute approximate surface area is 138 Å². The van der Waals surface area contributed by atoms with Crippen molar-refractivity contribution < 1.29 is 44.3 Å². The molecule has 0 aliphatic rings. The standard InChI is InChI=1S/C11H7ClF9N3O/c1-4(25)23-9(10(16,17)18,11(19,20)21)24-7-6(12)2-5(3-22-7)8(13,14)15/h2-3H,1H3,(H,22,24)(H,23,25). The Morgan fingerprint density at radius 1 is 1.04 bits per heavy atom. The van der Waals surface area contributed by atoms with Gasteiger partial charge in [0.2, 0.25) is 5.91 Å². The Morgan fingerprint density at radius 3 is 1.84 bits per heavy atom. The molecule has 4 nitrogen and oxygen atoms in total. The zero-order valence-electron chi connectivity index (χ0n) is 11.8. The summed E-state index contributed by atoms with van der Waals surface area (Å²) in [5.41, 5.74) is -6.51. The first-order valence-electron chi connectivity index (χ1n) is 5.94. The first kappa shape index (κ1) is 21.1. The molecule has 2 N–H and O–H groups in total. The molecule has 0 aromatic carbocycles. The van der Waals surface area contributed by atoms with Crippen LogP contribution in [0.4, 0.5) is 45.3 Å². The summed E-state index contributed by atoms with van der Waals surface area (Å²) in [5.74, 6) is -3.08. The van der Waals surface area contributed by atoms with Crippen LogP contribution in [-0.2, 0) is 11.0 Å². The van der Waals surface area contributed by atoms with Gasteiger partial charge in [0.1, 0.15) is 5.82 Å². The lowest BCUT2D eigenvalue weighted by molar-refractivity contribution is -0.295. The van der Waals surface area contributed by atoms with Crippen molar-refractivity contribution in [2.75, 3.05) is 5.32 Å². The van der Waals surface area contributed by atoms with Crippen molar-refractivity contribution in [2.45, 2.75) is 31.1 Å². The van der Waals surface area contributed by atoms with Crippen LogP contribution in [0.3, 0.4) is 0 Å². The van der Waals surface area contributed by atoms with Crippen molar-refractivity contribution in [1.82, 2.24) is 10.3 Å². The number of rotatable bonds is 3. The highest BCUT2D eigenvalue weighted by molar-refractivity contribution is 6.33. The summed E-state index contributed by atoms with van der Waals surface area (Å²) in [7, 11) is 0. The van der Waals surface area contributed by atoms with Gasteiger partial charge in [0.05, 0.1) is 10.6 Å². The van der Waals surface area contributed by atoms with E-state index in [9.17, 15) is 44.3 Å². The number of carbonyl (C=O) groups is 1. The second-order valence-electron chi connectivity index (χ2n) is 4.60. The summed E-state index contributed by atoms with van der Waals surface area (Å²) in [6.45, 7) is 0.385. The summed E-state index contributed by atoms with van der Waals surface area (Å²) >= 11 is 5.31. The van der Waals surface area contributed by atoms with Gasteiger partial charge in [-0.25, -0.2) is 4.98 Å². The van der Waals surface area contributed by atoms with Crippen LogP contribution in [-0.4, -0.2) is 28.9 Å². The van der Waals surface area contributed by atoms with Crippen LogP contribution in [0.25, 0.3) is 0 Å². The van der Waals surface area contributed by atoms with Crippen LogP contribution in [0.2, 0.25) is 5.02 Å². The van der Waals surface area contributed by atoms with E-state index < -0.39 is 46.5 Å². The van der Waals surface area contributed by atoms with Gasteiger partial charge in [0.25, 0.3) is 0 Å². The molecule has 1 amide bonds. The fourth-order valence-corrected chi connectivity index (χ4v) is 1.82. The number of nitrogens with one attached hydrogen (secondary N) is 2. The first-order valence-corrected chi connectivity index (χ1v) is 6.32. The van der Waals surface area contributed by atoms with Gasteiger partial charge in [-0.1, -0.05) is 11.6 Å². The molecule has 1 rings (SSSR count). The Balaban J connectivity index is 3.48. The quantitative estimate of drug-likeness (QED) is 0.589. The topological polar surface area (TPSA) is 54.0 Å². The molecular weight excluding hydrogens is 397 g/mol. The molecule has 0 spiro atoms. The molecule has 0 aliphatic heterocycles. The molecule has 0 radical (unpaired) electrons. The fourth-order valence-electron chi connectivity index (χ4n) is 1.60. The third-order valence-electron chi connectivity index (χ3n) is 2.69. The van der Waals surface area contributed by atoms with Crippen LogP contribution in [0.1, 0.15) is 12.5 Å². The minimum absolute atomic E-state index is 0.0144. The number of pyridine rings is 1. The van der Waals surface area contributed by atoms with E-state index in [1.165, 1.54) is 0 Å². The highest BCUT2D eigenvalue weighted by Gasteiger charge is 2.72. The molecule has 0 saturated carbocycles. The van der Waals surface area contributed by atoms with Crippen molar-refractivity contribution >= 4 is 23.3 Å². The predicted molar refractivity (Wildman–Crippen MR) is 66.5 cm³/mol. The Kier molecular flexibility index (Phi) is 5.43. The van der Waals surface area contributed by atoms with E-state index in [4.69, 9.17) is 11.6 Å². The molecule has 1 heterocycles. The molecule has 0 fully saturated rings. The normalized spacial score (nSPS) is 13.6. The van der Waals surface area contributed by atoms with Crippen molar-refractivity contribution in [1.29, 1.82) is 0 Å². The number of aromatic nitrogens is 1. The minimum Gasteiger partial charge on any atom is -0.331 e. The van der Waals surface area contributed by atoms with Crippen LogP contribution < -0.4 is 10.6 Å². The van der Waals surface area contributed by atoms with E-state index in [1.807, 2.05) is 0 Å². The molecule has 142 valence electrons. The number of anilines is 1. The van der Waals surface area contributed by atoms with Crippen LogP contribution in [0.15, 0.2) is 12.3 Å². The SMILES string of the molecule is CC(=O)NC(Nc1ncc(C(F)(F)F)cc1Cl)(C(F)(F)F)C(F)(F)F. The molecule has 0 aliphatic carbocycles. The average molecular weight is 404 g/mol. The van der Waals surface area contributed by atoms with Gasteiger partial charge in [-0.3, -0.25) is 4.79 Å². The van der Waals surface area contributed by atoms with E-state index in [0.29, 0.717) is 12.2 Å². The third kappa shape index (κ3) is 4.38. The molecule has 14 heteroatoms. The van der Waals surface area contributed by atoms with Gasteiger partial charge < -0.3 is 10.6 Å². The fraction of sp³-hybridized carbons (Fsp3) is 0.455. The maximum Gasteiger partial charge on any atom is 0.439 e. The Hall–Kier alpha value is -1.92. The predicted octanol–water partition coefficient (Wildman–Crippen LogP) is 4.12. The first-order chi connectivity index (χ1) is 11.0. The molecule has 0 saturated heterocycles. The smallest absolute Gasteiger partial charge is 0.331 e. The highest BCUT2D eigenvalue weighted by Crippen LogP contribution is 2.44.